The Bertz CT molecular complexity index is 1740. The lowest BCUT2D eigenvalue weighted by atomic mass is 10.1. The number of hydrogen-bond donors (Lipinski definition) is 1. The lowest BCUT2D eigenvalue weighted by molar-refractivity contribution is 0.255. The summed E-state index contributed by atoms with van der Waals surface area (Å²) in [7, 11) is 0. The average Bonchev–Trinajstić information content (AvgIpc) is 3.40. The Kier molecular flexibility index (Phi) is 7.21. The summed E-state index contributed by atoms with van der Waals surface area (Å²) < 4.78 is 7.13. The second-order valence-electron chi connectivity index (χ2n) is 10.1. The fraction of sp³-hybridized carbons (Fsp3) is 0.281. The number of aryl methyl sites for hydroxylation is 1. The van der Waals surface area contributed by atoms with E-state index in [1.165, 1.54) is 16.6 Å². The number of ether oxygens (including phenoxy) is 1. The molecule has 202 valence electrons. The Morgan fingerprint density at radius 1 is 0.975 bits per heavy atom. The minimum absolute atomic E-state index is 0.0890. The van der Waals surface area contributed by atoms with E-state index < -0.39 is 0 Å². The smallest absolute Gasteiger partial charge is 0.264 e. The van der Waals surface area contributed by atoms with Gasteiger partial charge in [-0.25, -0.2) is 9.83 Å². The fourth-order valence-corrected chi connectivity index (χ4v) is 5.53. The van der Waals surface area contributed by atoms with E-state index in [0.29, 0.717) is 29.1 Å². The van der Waals surface area contributed by atoms with Crippen LogP contribution in [0.25, 0.3) is 32.3 Å². The number of H-pyrrole nitrogens is 1. The number of piperazine rings is 1. The van der Waals surface area contributed by atoms with Crippen molar-refractivity contribution < 1.29 is 4.74 Å². The van der Waals surface area contributed by atoms with E-state index in [9.17, 15) is 4.79 Å². The summed E-state index contributed by atoms with van der Waals surface area (Å²) in [4.78, 5) is 29.4. The van der Waals surface area contributed by atoms with Gasteiger partial charge in [0.15, 0.2) is 5.69 Å². The zero-order valence-corrected chi connectivity index (χ0v) is 22.6. The summed E-state index contributed by atoms with van der Waals surface area (Å²) in [6.07, 6.45) is 5.95. The van der Waals surface area contributed by atoms with Gasteiger partial charge >= 0.3 is 0 Å². The highest BCUT2D eigenvalue weighted by atomic mass is 16.5. The number of anilines is 1. The van der Waals surface area contributed by atoms with Crippen molar-refractivity contribution >= 4 is 33.2 Å². The van der Waals surface area contributed by atoms with Crippen molar-refractivity contribution in [1.29, 1.82) is 0 Å². The number of nitrogens with zero attached hydrogens (tertiary/aromatic N) is 5. The average molecular weight is 533 g/mol. The van der Waals surface area contributed by atoms with Gasteiger partial charge in [0.2, 0.25) is 5.88 Å². The zero-order valence-electron chi connectivity index (χ0n) is 22.6. The predicted octanol–water partition coefficient (Wildman–Crippen LogP) is 5.57. The van der Waals surface area contributed by atoms with Crippen LogP contribution in [0.2, 0.25) is 0 Å². The van der Waals surface area contributed by atoms with Gasteiger partial charge in [0, 0.05) is 61.5 Å². The summed E-state index contributed by atoms with van der Waals surface area (Å²) in [6, 6.07) is 19.5. The molecule has 0 spiro atoms. The predicted molar refractivity (Wildman–Crippen MR) is 160 cm³/mol. The zero-order chi connectivity index (χ0) is 27.5. The van der Waals surface area contributed by atoms with Crippen LogP contribution in [-0.2, 0) is 6.42 Å². The molecule has 1 aliphatic rings. The summed E-state index contributed by atoms with van der Waals surface area (Å²) in [6.45, 7) is 14.8. The highest BCUT2D eigenvalue weighted by molar-refractivity contribution is 5.86. The normalized spacial score (nSPS) is 14.1. The van der Waals surface area contributed by atoms with E-state index >= 15 is 0 Å². The molecular formula is C32H32N6O2. The number of hydrogen-bond acceptors (Lipinski definition) is 5. The van der Waals surface area contributed by atoms with Crippen LogP contribution in [0.15, 0.2) is 77.9 Å². The van der Waals surface area contributed by atoms with E-state index in [1.54, 1.807) is 22.9 Å². The molecule has 0 amide bonds. The van der Waals surface area contributed by atoms with Crippen molar-refractivity contribution in [2.24, 2.45) is 0 Å². The molecule has 0 unspecified atom stereocenters. The number of rotatable bonds is 8. The number of pyridine rings is 2. The Morgan fingerprint density at radius 2 is 1.77 bits per heavy atom. The molecule has 8 nitrogen and oxygen atoms in total. The summed E-state index contributed by atoms with van der Waals surface area (Å²) in [5.74, 6) is 0.530. The number of benzene rings is 2. The molecule has 0 saturated carbocycles. The standard InChI is InChI=1S/C32H32N6O2/c1-3-40-31-13-11-27-30(35-31)14-16-38(32(27)39)26-9-7-25(8-10-26)37-19-17-36(18-20-37)15-4-5-23-22-34-29-12-6-24(33-2)21-28(23)29/h6-14,16,21-22,34H,3-5,15,17-20H2,1H3. The minimum atomic E-state index is -0.0890. The number of nitrogens with one attached hydrogen (secondary N) is 1. The van der Waals surface area contributed by atoms with Gasteiger partial charge in [-0.3, -0.25) is 14.3 Å². The van der Waals surface area contributed by atoms with Crippen LogP contribution in [0.5, 0.6) is 5.88 Å². The van der Waals surface area contributed by atoms with Gasteiger partial charge in [0.05, 0.1) is 24.1 Å². The van der Waals surface area contributed by atoms with Gasteiger partial charge < -0.3 is 14.6 Å². The molecule has 0 aliphatic carbocycles. The fourth-order valence-electron chi connectivity index (χ4n) is 5.53. The molecule has 1 N–H and O–H groups in total. The first kappa shape index (κ1) is 25.7. The molecule has 40 heavy (non-hydrogen) atoms. The highest BCUT2D eigenvalue weighted by Crippen LogP contribution is 2.25. The lowest BCUT2D eigenvalue weighted by Crippen LogP contribution is -2.46. The molecular weight excluding hydrogens is 500 g/mol. The third kappa shape index (κ3) is 5.16. The molecule has 6 rings (SSSR count). The molecule has 0 radical (unpaired) electrons. The van der Waals surface area contributed by atoms with E-state index in [1.807, 2.05) is 43.3 Å². The molecule has 1 aliphatic heterocycles. The Morgan fingerprint density at radius 3 is 2.55 bits per heavy atom. The molecule has 3 aromatic heterocycles. The topological polar surface area (TPSA) is 70.8 Å². The second kappa shape index (κ2) is 11.2. The van der Waals surface area contributed by atoms with E-state index in [2.05, 4.69) is 42.9 Å². The number of aromatic amines is 1. The third-order valence-corrected chi connectivity index (χ3v) is 7.69. The van der Waals surface area contributed by atoms with Gasteiger partial charge in [-0.05, 0) is 85.8 Å². The monoisotopic (exact) mass is 532 g/mol. The highest BCUT2D eigenvalue weighted by Gasteiger charge is 2.17. The second-order valence-corrected chi connectivity index (χ2v) is 10.1. The minimum Gasteiger partial charge on any atom is -0.478 e. The van der Waals surface area contributed by atoms with E-state index in [4.69, 9.17) is 11.3 Å². The van der Waals surface area contributed by atoms with Crippen LogP contribution in [0.4, 0.5) is 11.4 Å². The summed E-state index contributed by atoms with van der Waals surface area (Å²) in [5.41, 5.74) is 5.64. The van der Waals surface area contributed by atoms with Crippen molar-refractivity contribution in [3.8, 4) is 11.6 Å². The molecule has 0 bridgehead atoms. The number of aromatic nitrogens is 3. The number of fused-ring (bicyclic) bond motifs is 2. The first-order valence-corrected chi connectivity index (χ1v) is 13.8. The van der Waals surface area contributed by atoms with Gasteiger partial charge in [0.1, 0.15) is 0 Å². The van der Waals surface area contributed by atoms with Crippen LogP contribution < -0.4 is 15.2 Å². The Hall–Kier alpha value is -4.61. The van der Waals surface area contributed by atoms with Crippen LogP contribution in [-0.4, -0.2) is 58.8 Å². The van der Waals surface area contributed by atoms with E-state index in [-0.39, 0.29) is 5.56 Å². The molecule has 5 aromatic rings. The summed E-state index contributed by atoms with van der Waals surface area (Å²) in [5, 5.41) is 1.74. The van der Waals surface area contributed by atoms with Crippen molar-refractivity contribution in [1.82, 2.24) is 19.4 Å². The van der Waals surface area contributed by atoms with Crippen molar-refractivity contribution in [2.45, 2.75) is 19.8 Å². The lowest BCUT2D eigenvalue weighted by Gasteiger charge is -2.36. The molecule has 8 heteroatoms. The van der Waals surface area contributed by atoms with Crippen molar-refractivity contribution in [3.63, 3.8) is 0 Å². The van der Waals surface area contributed by atoms with Crippen LogP contribution in [0, 0.1) is 6.57 Å². The van der Waals surface area contributed by atoms with Crippen LogP contribution in [0.3, 0.4) is 0 Å². The molecule has 1 saturated heterocycles. The van der Waals surface area contributed by atoms with Crippen molar-refractivity contribution in [2.75, 3.05) is 44.2 Å². The first-order chi connectivity index (χ1) is 19.6. The maximum atomic E-state index is 13.1. The van der Waals surface area contributed by atoms with E-state index in [0.717, 1.165) is 56.8 Å². The molecule has 2 aromatic carbocycles. The Balaban J connectivity index is 1.04. The maximum Gasteiger partial charge on any atom is 0.264 e. The van der Waals surface area contributed by atoms with Crippen molar-refractivity contribution in [3.05, 3.63) is 100 Å². The third-order valence-electron chi connectivity index (χ3n) is 7.69. The van der Waals surface area contributed by atoms with Gasteiger partial charge in [0.25, 0.3) is 5.56 Å². The molecule has 4 heterocycles. The largest absolute Gasteiger partial charge is 0.478 e. The van der Waals surface area contributed by atoms with Gasteiger partial charge in [-0.1, -0.05) is 6.07 Å². The maximum absolute atomic E-state index is 13.1. The molecule has 0 atom stereocenters. The SMILES string of the molecule is [C-]#[N+]c1ccc2[nH]cc(CCCN3CCN(c4ccc(-n5ccc6nc(OCC)ccc6c5=O)cc4)CC3)c2c1. The van der Waals surface area contributed by atoms with Gasteiger partial charge in [-0.2, -0.15) is 0 Å². The Labute approximate surface area is 233 Å². The van der Waals surface area contributed by atoms with Crippen LogP contribution in [0.1, 0.15) is 18.9 Å². The summed E-state index contributed by atoms with van der Waals surface area (Å²) >= 11 is 0. The molecule has 1 fully saturated rings. The first-order valence-electron chi connectivity index (χ1n) is 13.8. The van der Waals surface area contributed by atoms with Crippen LogP contribution >= 0.6 is 0 Å². The quantitative estimate of drug-likeness (QED) is 0.265. The van der Waals surface area contributed by atoms with Gasteiger partial charge in [-0.15, -0.1) is 0 Å².